The second-order valence-electron chi connectivity index (χ2n) is 6.71. The van der Waals surface area contributed by atoms with E-state index in [1.165, 1.54) is 11.1 Å². The van der Waals surface area contributed by atoms with Crippen molar-refractivity contribution in [1.82, 2.24) is 0 Å². The molecule has 0 aromatic rings. The summed E-state index contributed by atoms with van der Waals surface area (Å²) in [6, 6.07) is 0. The Morgan fingerprint density at radius 1 is 1.17 bits per heavy atom. The molecule has 23 heavy (non-hydrogen) atoms. The molecule has 126 valence electrons. The van der Waals surface area contributed by atoms with Crippen LogP contribution in [0.5, 0.6) is 0 Å². The monoisotopic (exact) mass is 316 g/mol. The van der Waals surface area contributed by atoms with Crippen molar-refractivity contribution in [3.05, 3.63) is 47.1 Å². The predicted octanol–water partition coefficient (Wildman–Crippen LogP) is 4.25. The maximum absolute atomic E-state index is 11.9. The SMILES string of the molecule is C=C1C(=O)OC2C/C(C)=C/CC/C(C)=C/CC/C(CO)=C\CC12. The highest BCUT2D eigenvalue weighted by molar-refractivity contribution is 5.90. The topological polar surface area (TPSA) is 46.5 Å². The minimum Gasteiger partial charge on any atom is -0.458 e. The van der Waals surface area contributed by atoms with Crippen LogP contribution in [0.2, 0.25) is 0 Å². The number of aliphatic hydroxyl groups is 1. The lowest BCUT2D eigenvalue weighted by Crippen LogP contribution is -2.17. The van der Waals surface area contributed by atoms with E-state index in [4.69, 9.17) is 4.74 Å². The number of carbonyl (C=O) groups is 1. The summed E-state index contributed by atoms with van der Waals surface area (Å²) in [6.45, 7) is 8.25. The van der Waals surface area contributed by atoms with Crippen molar-refractivity contribution in [2.75, 3.05) is 6.61 Å². The number of hydrogen-bond acceptors (Lipinski definition) is 3. The van der Waals surface area contributed by atoms with Crippen LogP contribution in [0.4, 0.5) is 0 Å². The molecule has 1 fully saturated rings. The molecule has 0 bridgehead atoms. The van der Waals surface area contributed by atoms with Gasteiger partial charge >= 0.3 is 5.97 Å². The summed E-state index contributed by atoms with van der Waals surface area (Å²) in [6.07, 6.45) is 11.8. The standard InChI is InChI=1S/C20H28O3/c1-14-6-4-8-15(2)12-19-18(16(3)20(22)23-19)11-10-17(13-21)9-5-7-14/h7-8,10,18-19,21H,3-6,9,11-13H2,1-2H3/b14-7+,15-8+,17-10+. The van der Waals surface area contributed by atoms with Crippen molar-refractivity contribution in [3.63, 3.8) is 0 Å². The molecule has 0 aromatic heterocycles. The van der Waals surface area contributed by atoms with Gasteiger partial charge in [0.25, 0.3) is 0 Å². The van der Waals surface area contributed by atoms with E-state index in [9.17, 15) is 9.90 Å². The zero-order valence-electron chi connectivity index (χ0n) is 14.3. The molecule has 0 amide bonds. The summed E-state index contributed by atoms with van der Waals surface area (Å²) in [5.74, 6) is -0.249. The number of allylic oxidation sites excluding steroid dienone is 4. The number of rotatable bonds is 1. The van der Waals surface area contributed by atoms with E-state index in [1.54, 1.807) is 0 Å². The van der Waals surface area contributed by atoms with Gasteiger partial charge < -0.3 is 9.84 Å². The van der Waals surface area contributed by atoms with Gasteiger partial charge in [-0.3, -0.25) is 0 Å². The highest BCUT2D eigenvalue weighted by atomic mass is 16.6. The van der Waals surface area contributed by atoms with Crippen LogP contribution in [-0.2, 0) is 9.53 Å². The minimum absolute atomic E-state index is 0.0209. The van der Waals surface area contributed by atoms with Gasteiger partial charge in [-0.15, -0.1) is 0 Å². The Labute approximate surface area is 139 Å². The summed E-state index contributed by atoms with van der Waals surface area (Å²) in [4.78, 5) is 11.9. The Morgan fingerprint density at radius 2 is 1.87 bits per heavy atom. The van der Waals surface area contributed by atoms with E-state index in [0.717, 1.165) is 37.7 Å². The molecule has 1 aliphatic carbocycles. The smallest absolute Gasteiger partial charge is 0.334 e. The average molecular weight is 316 g/mol. The third kappa shape index (κ3) is 4.93. The molecule has 1 N–H and O–H groups in total. The number of aliphatic hydroxyl groups excluding tert-OH is 1. The predicted molar refractivity (Wildman–Crippen MR) is 92.9 cm³/mol. The molecule has 2 rings (SSSR count). The Bertz CT molecular complexity index is 551. The van der Waals surface area contributed by atoms with Crippen LogP contribution in [0.25, 0.3) is 0 Å². The third-order valence-electron chi connectivity index (χ3n) is 4.79. The molecule has 0 radical (unpaired) electrons. The van der Waals surface area contributed by atoms with Gasteiger partial charge in [0.2, 0.25) is 0 Å². The molecule has 2 unspecified atom stereocenters. The van der Waals surface area contributed by atoms with E-state index in [1.807, 2.05) is 0 Å². The molecule has 1 saturated heterocycles. The third-order valence-corrected chi connectivity index (χ3v) is 4.79. The zero-order valence-corrected chi connectivity index (χ0v) is 14.3. The molecule has 1 aliphatic heterocycles. The second-order valence-corrected chi connectivity index (χ2v) is 6.71. The Morgan fingerprint density at radius 3 is 2.61 bits per heavy atom. The Hall–Kier alpha value is -1.61. The first kappa shape index (κ1) is 17.7. The van der Waals surface area contributed by atoms with Crippen LogP contribution in [0.1, 0.15) is 52.4 Å². The van der Waals surface area contributed by atoms with Crippen molar-refractivity contribution in [3.8, 4) is 0 Å². The first-order valence-electron chi connectivity index (χ1n) is 8.51. The largest absolute Gasteiger partial charge is 0.458 e. The summed E-state index contributed by atoms with van der Waals surface area (Å²) in [7, 11) is 0. The van der Waals surface area contributed by atoms with Gasteiger partial charge in [-0.1, -0.05) is 36.0 Å². The summed E-state index contributed by atoms with van der Waals surface area (Å²) < 4.78 is 5.52. The average Bonchev–Trinajstić information content (AvgIpc) is 2.76. The van der Waals surface area contributed by atoms with Gasteiger partial charge in [0.1, 0.15) is 6.10 Å². The lowest BCUT2D eigenvalue weighted by Gasteiger charge is -2.17. The van der Waals surface area contributed by atoms with E-state index >= 15 is 0 Å². The van der Waals surface area contributed by atoms with Gasteiger partial charge in [0, 0.05) is 17.9 Å². The van der Waals surface area contributed by atoms with Crippen molar-refractivity contribution in [2.24, 2.45) is 5.92 Å². The van der Waals surface area contributed by atoms with E-state index in [-0.39, 0.29) is 24.6 Å². The van der Waals surface area contributed by atoms with Gasteiger partial charge in [-0.25, -0.2) is 4.79 Å². The minimum atomic E-state index is -0.270. The van der Waals surface area contributed by atoms with Crippen molar-refractivity contribution in [1.29, 1.82) is 0 Å². The number of esters is 1. The fourth-order valence-electron chi connectivity index (χ4n) is 3.24. The molecule has 0 aromatic carbocycles. The zero-order chi connectivity index (χ0) is 16.8. The second kappa shape index (κ2) is 8.30. The molecular weight excluding hydrogens is 288 g/mol. The van der Waals surface area contributed by atoms with Crippen LogP contribution >= 0.6 is 0 Å². The molecular formula is C20H28O3. The van der Waals surface area contributed by atoms with Crippen molar-refractivity contribution >= 4 is 5.97 Å². The Kier molecular flexibility index (Phi) is 6.40. The molecule has 1 heterocycles. The number of fused-ring (bicyclic) bond motifs is 1. The maximum atomic E-state index is 11.9. The fourth-order valence-corrected chi connectivity index (χ4v) is 3.24. The van der Waals surface area contributed by atoms with E-state index in [2.05, 4.69) is 38.7 Å². The Balaban J connectivity index is 2.22. The molecule has 2 atom stereocenters. The van der Waals surface area contributed by atoms with E-state index in [0.29, 0.717) is 12.0 Å². The molecule has 3 heteroatoms. The first-order valence-corrected chi connectivity index (χ1v) is 8.51. The highest BCUT2D eigenvalue weighted by Gasteiger charge is 2.37. The van der Waals surface area contributed by atoms with Gasteiger partial charge in [-0.05, 0) is 51.5 Å². The molecule has 3 nitrogen and oxygen atoms in total. The highest BCUT2D eigenvalue weighted by Crippen LogP contribution is 2.34. The number of carbonyl (C=O) groups excluding carboxylic acids is 1. The first-order chi connectivity index (χ1) is 11.0. The van der Waals surface area contributed by atoms with Crippen molar-refractivity contribution in [2.45, 2.75) is 58.5 Å². The van der Waals surface area contributed by atoms with Crippen LogP contribution in [0.3, 0.4) is 0 Å². The number of hydrogen-bond donors (Lipinski definition) is 1. The summed E-state index contributed by atoms with van der Waals surface area (Å²) in [5, 5.41) is 9.54. The molecule has 0 saturated carbocycles. The van der Waals surface area contributed by atoms with Gasteiger partial charge in [0.05, 0.1) is 6.61 Å². The van der Waals surface area contributed by atoms with Crippen LogP contribution < -0.4 is 0 Å². The quantitative estimate of drug-likeness (QED) is 0.447. The van der Waals surface area contributed by atoms with Crippen LogP contribution in [0.15, 0.2) is 47.1 Å². The summed E-state index contributed by atoms with van der Waals surface area (Å²) >= 11 is 0. The van der Waals surface area contributed by atoms with E-state index < -0.39 is 0 Å². The lowest BCUT2D eigenvalue weighted by molar-refractivity contribution is -0.139. The molecule has 2 aliphatic rings. The van der Waals surface area contributed by atoms with Gasteiger partial charge in [0.15, 0.2) is 0 Å². The summed E-state index contributed by atoms with van der Waals surface area (Å²) in [5.41, 5.74) is 4.25. The van der Waals surface area contributed by atoms with Crippen molar-refractivity contribution < 1.29 is 14.6 Å². The van der Waals surface area contributed by atoms with Gasteiger partial charge in [-0.2, -0.15) is 0 Å². The van der Waals surface area contributed by atoms with Crippen LogP contribution in [0, 0.1) is 5.92 Å². The normalized spacial score (nSPS) is 34.1. The number of ether oxygens (including phenoxy) is 1. The maximum Gasteiger partial charge on any atom is 0.334 e. The molecule has 0 spiro atoms. The fraction of sp³-hybridized carbons (Fsp3) is 0.550. The lowest BCUT2D eigenvalue weighted by atomic mass is 9.88. The van der Waals surface area contributed by atoms with Crippen LogP contribution in [-0.4, -0.2) is 23.8 Å².